The molecule has 0 saturated carbocycles. The van der Waals surface area contributed by atoms with Crippen molar-refractivity contribution in [2.45, 2.75) is 19.6 Å². The molecule has 0 atom stereocenters. The van der Waals surface area contributed by atoms with E-state index in [1.807, 2.05) is 0 Å². The van der Waals surface area contributed by atoms with E-state index in [2.05, 4.69) is 296 Å². The van der Waals surface area contributed by atoms with Crippen LogP contribution >= 0.6 is 0 Å². The lowest BCUT2D eigenvalue weighted by Crippen LogP contribution is -2.72. The molecule has 4 aliphatic heterocycles. The zero-order chi connectivity index (χ0) is 50.0. The maximum atomic E-state index is 2.65. The van der Waals surface area contributed by atoms with Crippen LogP contribution in [-0.4, -0.2) is 30.9 Å². The van der Waals surface area contributed by atoms with E-state index in [1.54, 1.807) is 0 Å². The van der Waals surface area contributed by atoms with Gasteiger partial charge in [0.1, 0.15) is 0 Å². The van der Waals surface area contributed by atoms with E-state index in [0.29, 0.717) is 0 Å². The number of rotatable bonds is 7. The van der Waals surface area contributed by atoms with Crippen LogP contribution in [0.1, 0.15) is 0 Å². The summed E-state index contributed by atoms with van der Waals surface area (Å²) in [5.74, 6) is 0. The molecule has 0 bridgehead atoms. The monoisotopic (exact) mass is 1000 g/mol. The molecule has 75 heavy (non-hydrogen) atoms. The highest BCUT2D eigenvalue weighted by molar-refractivity contribution is 7.23. The lowest BCUT2D eigenvalue weighted by molar-refractivity contribution is 1.26. The molecular formula is C69H53BN2Si3. The Morgan fingerprint density at radius 2 is 0.640 bits per heavy atom. The first-order valence-corrected chi connectivity index (χ1v) is 34.0. The van der Waals surface area contributed by atoms with Crippen LogP contribution in [0.3, 0.4) is 0 Å². The van der Waals surface area contributed by atoms with Crippen LogP contribution < -0.4 is 72.9 Å². The molecule has 0 N–H and O–H groups in total. The molecular weight excluding hydrogens is 952 g/mol. The third-order valence-corrected chi connectivity index (χ3v) is 28.9. The van der Waals surface area contributed by atoms with Gasteiger partial charge in [-0.3, -0.25) is 0 Å². The number of anilines is 6. The predicted octanol–water partition coefficient (Wildman–Crippen LogP) is 9.03. The smallest absolute Gasteiger partial charge is 0.252 e. The van der Waals surface area contributed by atoms with Gasteiger partial charge in [-0.25, -0.2) is 0 Å². The van der Waals surface area contributed by atoms with Crippen LogP contribution in [0, 0.1) is 0 Å². The van der Waals surface area contributed by atoms with E-state index >= 15 is 0 Å². The van der Waals surface area contributed by atoms with Crippen molar-refractivity contribution in [2.75, 3.05) is 9.80 Å². The molecule has 0 spiro atoms. The maximum absolute atomic E-state index is 2.79. The quantitative estimate of drug-likeness (QED) is 0.147. The van der Waals surface area contributed by atoms with E-state index in [1.165, 1.54) is 119 Å². The summed E-state index contributed by atoms with van der Waals surface area (Å²) in [5, 5.41) is 12.9. The van der Waals surface area contributed by atoms with Crippen molar-refractivity contribution in [2.24, 2.45) is 0 Å². The second-order valence-corrected chi connectivity index (χ2v) is 34.5. The number of nitrogens with zero attached hydrogens (tertiary/aromatic N) is 2. The maximum Gasteiger partial charge on any atom is 0.252 e. The summed E-state index contributed by atoms with van der Waals surface area (Å²) in [6, 6.07) is 103. The SMILES string of the molecule is C[Si](C)(C)c1cc2c3c(c1)N(c1ccc4c(c1)[Si](c1ccccc1)(c1ccccc1)c1ccccc1-4)c1ccccc1B3c1ccccc1N2c1ccc2c(c1)[Si](c1ccccc1)(c1ccccc1)c1ccccc1-2. The third-order valence-electron chi connectivity index (χ3n) is 17.2. The van der Waals surface area contributed by atoms with Crippen LogP contribution in [0.15, 0.2) is 267 Å². The summed E-state index contributed by atoms with van der Waals surface area (Å²) >= 11 is 0. The van der Waals surface area contributed by atoms with E-state index in [-0.39, 0.29) is 6.71 Å². The van der Waals surface area contributed by atoms with Crippen LogP contribution in [-0.2, 0) is 0 Å². The fourth-order valence-corrected chi connectivity index (χ4v) is 25.6. The lowest BCUT2D eigenvalue weighted by atomic mass is 9.33. The van der Waals surface area contributed by atoms with Gasteiger partial charge in [0, 0.05) is 34.1 Å². The van der Waals surface area contributed by atoms with Gasteiger partial charge in [0.2, 0.25) is 0 Å². The minimum Gasteiger partial charge on any atom is -0.311 e. The minimum absolute atomic E-state index is 0.0344. The summed E-state index contributed by atoms with van der Waals surface area (Å²) in [5.41, 5.74) is 16.9. The van der Waals surface area contributed by atoms with Gasteiger partial charge in [-0.15, -0.1) is 0 Å². The first-order valence-electron chi connectivity index (χ1n) is 26.5. The Balaban J connectivity index is 1.00. The van der Waals surface area contributed by atoms with Crippen LogP contribution in [0.4, 0.5) is 34.1 Å². The molecule has 354 valence electrons. The molecule has 0 aromatic heterocycles. The molecule has 11 aromatic rings. The molecule has 4 aliphatic rings. The molecule has 0 radical (unpaired) electrons. The first kappa shape index (κ1) is 44.2. The Morgan fingerprint density at radius 1 is 0.307 bits per heavy atom. The van der Waals surface area contributed by atoms with Gasteiger partial charge >= 0.3 is 0 Å². The van der Waals surface area contributed by atoms with Gasteiger partial charge in [0.15, 0.2) is 16.1 Å². The van der Waals surface area contributed by atoms with Crippen molar-refractivity contribution in [3.8, 4) is 22.3 Å². The van der Waals surface area contributed by atoms with E-state index in [9.17, 15) is 0 Å². The third kappa shape index (κ3) is 6.19. The Labute approximate surface area is 444 Å². The van der Waals surface area contributed by atoms with Crippen molar-refractivity contribution < 1.29 is 0 Å². The van der Waals surface area contributed by atoms with Gasteiger partial charge in [-0.2, -0.15) is 0 Å². The average Bonchev–Trinajstić information content (AvgIpc) is 3.97. The summed E-state index contributed by atoms with van der Waals surface area (Å²) < 4.78 is 0. The van der Waals surface area contributed by atoms with Gasteiger partial charge in [-0.05, 0) is 129 Å². The highest BCUT2D eigenvalue weighted by Crippen LogP contribution is 2.45. The standard InChI is InChI=1S/C69H53BN2Si3/c1-73(2,3)54-46-63-69-64(47-54)72(49-41-43-58-56-33-17-23-39-66(56)75(68(58)45-49,52-28-12-6-13-29-52)53-30-14-7-15-31-53)62-37-21-19-35-60(62)70(69)59-34-18-20-36-61(59)71(63)48-40-42-57-55-32-16-22-38-65(55)74(67(57)44-48,50-24-8-4-9-25-50)51-26-10-5-11-27-51/h4-47H,1-3H3. The minimum atomic E-state index is -2.79. The van der Waals surface area contributed by atoms with Crippen LogP contribution in [0.2, 0.25) is 19.6 Å². The van der Waals surface area contributed by atoms with E-state index < -0.39 is 24.2 Å². The molecule has 4 heterocycles. The summed E-state index contributed by atoms with van der Waals surface area (Å²) in [7, 11) is -7.54. The Morgan fingerprint density at radius 3 is 1.03 bits per heavy atom. The Bertz CT molecular complexity index is 3750. The molecule has 11 aromatic carbocycles. The van der Waals surface area contributed by atoms with E-state index in [0.717, 1.165) is 0 Å². The molecule has 6 heteroatoms. The summed E-state index contributed by atoms with van der Waals surface area (Å²) in [6.07, 6.45) is 0. The number of hydrogen-bond donors (Lipinski definition) is 0. The lowest BCUT2D eigenvalue weighted by Gasteiger charge is -2.45. The van der Waals surface area contributed by atoms with Crippen molar-refractivity contribution >= 4 is 128 Å². The molecule has 0 aliphatic carbocycles. The number of para-hydroxylation sites is 2. The second-order valence-electron chi connectivity index (χ2n) is 21.9. The molecule has 0 amide bonds. The molecule has 2 nitrogen and oxygen atoms in total. The van der Waals surface area contributed by atoms with Crippen LogP contribution in [0.5, 0.6) is 0 Å². The molecule has 0 unspecified atom stereocenters. The van der Waals surface area contributed by atoms with Crippen molar-refractivity contribution in [1.82, 2.24) is 0 Å². The van der Waals surface area contributed by atoms with Crippen LogP contribution in [0.25, 0.3) is 22.3 Å². The van der Waals surface area contributed by atoms with Crippen molar-refractivity contribution in [3.63, 3.8) is 0 Å². The van der Waals surface area contributed by atoms with Gasteiger partial charge in [0.25, 0.3) is 6.71 Å². The zero-order valence-electron chi connectivity index (χ0n) is 42.4. The normalized spacial score (nSPS) is 14.7. The fourth-order valence-electron chi connectivity index (χ4n) is 14.0. The van der Waals surface area contributed by atoms with Gasteiger partial charge in [-0.1, -0.05) is 243 Å². The first-order chi connectivity index (χ1) is 36.9. The van der Waals surface area contributed by atoms with Crippen molar-refractivity contribution in [3.05, 3.63) is 267 Å². The molecule has 15 rings (SSSR count). The number of benzene rings is 11. The summed E-state index contributed by atoms with van der Waals surface area (Å²) in [4.78, 5) is 5.31. The fraction of sp³-hybridized carbons (Fsp3) is 0.0435. The highest BCUT2D eigenvalue weighted by atomic mass is 28.3. The topological polar surface area (TPSA) is 6.48 Å². The summed E-state index contributed by atoms with van der Waals surface area (Å²) in [6.45, 7) is 7.58. The predicted molar refractivity (Wildman–Crippen MR) is 329 cm³/mol. The highest BCUT2D eigenvalue weighted by Gasteiger charge is 2.52. The average molecular weight is 1010 g/mol. The number of fused-ring (bicyclic) bond motifs is 10. The molecule has 0 saturated heterocycles. The van der Waals surface area contributed by atoms with Gasteiger partial charge in [0.05, 0.1) is 8.07 Å². The van der Waals surface area contributed by atoms with E-state index in [4.69, 9.17) is 0 Å². The second kappa shape index (κ2) is 16.6. The zero-order valence-corrected chi connectivity index (χ0v) is 45.4. The van der Waals surface area contributed by atoms with Gasteiger partial charge < -0.3 is 9.80 Å². The van der Waals surface area contributed by atoms with Crippen molar-refractivity contribution in [1.29, 1.82) is 0 Å². The molecule has 0 fully saturated rings. The Hall–Kier alpha value is -8.26. The Kier molecular flexibility index (Phi) is 9.81. The largest absolute Gasteiger partial charge is 0.311 e. The number of hydrogen-bond acceptors (Lipinski definition) is 2.